The number of carbonyl (C=O) groups excluding carboxylic acids is 1. The van der Waals surface area contributed by atoms with E-state index in [-0.39, 0.29) is 12.0 Å². The summed E-state index contributed by atoms with van der Waals surface area (Å²) in [6.07, 6.45) is 0.575. The van der Waals surface area contributed by atoms with Crippen LogP contribution in [0.5, 0.6) is 0 Å². The molecule has 14 heavy (non-hydrogen) atoms. The van der Waals surface area contributed by atoms with Gasteiger partial charge in [0.2, 0.25) is 5.91 Å². The SMILES string of the molecule is CC[C@H](O)CN1CCN(C(C)=O)CC1. The van der Waals surface area contributed by atoms with Gasteiger partial charge in [-0.3, -0.25) is 9.69 Å². The number of carbonyl (C=O) groups is 1. The van der Waals surface area contributed by atoms with Gasteiger partial charge >= 0.3 is 0 Å². The number of hydrogen-bond acceptors (Lipinski definition) is 3. The molecule has 82 valence electrons. The van der Waals surface area contributed by atoms with E-state index in [0.717, 1.165) is 39.1 Å². The molecule has 0 radical (unpaired) electrons. The first-order valence-corrected chi connectivity index (χ1v) is 5.29. The van der Waals surface area contributed by atoms with E-state index in [1.807, 2.05) is 11.8 Å². The fourth-order valence-corrected chi connectivity index (χ4v) is 1.67. The summed E-state index contributed by atoms with van der Waals surface area (Å²) in [6.45, 7) is 7.69. The fraction of sp³-hybridized carbons (Fsp3) is 0.900. The van der Waals surface area contributed by atoms with Crippen LogP contribution in [0.3, 0.4) is 0 Å². The standard InChI is InChI=1S/C10H20N2O2/c1-3-10(14)8-11-4-6-12(7-5-11)9(2)13/h10,14H,3-8H2,1-2H3/t10-/m0/s1. The maximum Gasteiger partial charge on any atom is 0.219 e. The van der Waals surface area contributed by atoms with Crippen LogP contribution < -0.4 is 0 Å². The van der Waals surface area contributed by atoms with Gasteiger partial charge in [-0.2, -0.15) is 0 Å². The van der Waals surface area contributed by atoms with Gasteiger partial charge in [0.25, 0.3) is 0 Å². The normalized spacial score (nSPS) is 20.9. The molecule has 1 heterocycles. The maximum atomic E-state index is 11.0. The van der Waals surface area contributed by atoms with E-state index in [2.05, 4.69) is 4.90 Å². The molecule has 1 aliphatic rings. The minimum Gasteiger partial charge on any atom is -0.392 e. The van der Waals surface area contributed by atoms with Crippen molar-refractivity contribution in [3.63, 3.8) is 0 Å². The summed E-state index contributed by atoms with van der Waals surface area (Å²) < 4.78 is 0. The number of nitrogens with zero attached hydrogens (tertiary/aromatic N) is 2. The first kappa shape index (κ1) is 11.5. The second-order valence-corrected chi connectivity index (χ2v) is 3.87. The highest BCUT2D eigenvalue weighted by atomic mass is 16.3. The van der Waals surface area contributed by atoms with Gasteiger partial charge in [-0.15, -0.1) is 0 Å². The Labute approximate surface area is 85.5 Å². The molecular weight excluding hydrogens is 180 g/mol. The number of rotatable bonds is 3. The molecule has 1 N–H and O–H groups in total. The van der Waals surface area contributed by atoms with Crippen molar-refractivity contribution in [1.29, 1.82) is 0 Å². The van der Waals surface area contributed by atoms with Crippen LogP contribution >= 0.6 is 0 Å². The van der Waals surface area contributed by atoms with Crippen LogP contribution in [0.1, 0.15) is 20.3 Å². The molecule has 1 amide bonds. The van der Waals surface area contributed by atoms with Crippen LogP contribution in [0.25, 0.3) is 0 Å². The van der Waals surface area contributed by atoms with Crippen LogP contribution in [-0.2, 0) is 4.79 Å². The third-order valence-corrected chi connectivity index (χ3v) is 2.76. The number of aliphatic hydroxyl groups is 1. The number of piperazine rings is 1. The van der Waals surface area contributed by atoms with E-state index in [1.165, 1.54) is 0 Å². The molecule has 1 rings (SSSR count). The molecule has 0 spiro atoms. The van der Waals surface area contributed by atoms with Gasteiger partial charge in [0.15, 0.2) is 0 Å². The van der Waals surface area contributed by atoms with Crippen molar-refractivity contribution in [2.24, 2.45) is 0 Å². The summed E-state index contributed by atoms with van der Waals surface area (Å²) >= 11 is 0. The molecule has 0 aromatic rings. The average molecular weight is 200 g/mol. The van der Waals surface area contributed by atoms with E-state index >= 15 is 0 Å². The van der Waals surface area contributed by atoms with Gasteiger partial charge in [0, 0.05) is 39.6 Å². The average Bonchev–Trinajstić information content (AvgIpc) is 2.18. The van der Waals surface area contributed by atoms with Gasteiger partial charge in [-0.25, -0.2) is 0 Å². The summed E-state index contributed by atoms with van der Waals surface area (Å²) in [5, 5.41) is 9.46. The summed E-state index contributed by atoms with van der Waals surface area (Å²) in [5.41, 5.74) is 0. The first-order valence-electron chi connectivity index (χ1n) is 5.29. The lowest BCUT2D eigenvalue weighted by Crippen LogP contribution is -2.49. The Hall–Kier alpha value is -0.610. The van der Waals surface area contributed by atoms with Gasteiger partial charge in [-0.1, -0.05) is 6.92 Å². The molecule has 4 heteroatoms. The summed E-state index contributed by atoms with van der Waals surface area (Å²) in [5.74, 6) is 0.153. The van der Waals surface area contributed by atoms with Crippen molar-refractivity contribution < 1.29 is 9.90 Å². The minimum atomic E-state index is -0.223. The lowest BCUT2D eigenvalue weighted by Gasteiger charge is -2.34. The van der Waals surface area contributed by atoms with Crippen molar-refractivity contribution >= 4 is 5.91 Å². The summed E-state index contributed by atoms with van der Waals surface area (Å²) in [4.78, 5) is 15.1. The molecule has 0 saturated carbocycles. The van der Waals surface area contributed by atoms with Gasteiger partial charge in [0.05, 0.1) is 6.10 Å². The van der Waals surface area contributed by atoms with Gasteiger partial charge in [-0.05, 0) is 6.42 Å². The molecule has 1 aliphatic heterocycles. The molecule has 0 aliphatic carbocycles. The largest absolute Gasteiger partial charge is 0.392 e. The molecular formula is C10H20N2O2. The molecule has 1 saturated heterocycles. The zero-order chi connectivity index (χ0) is 10.6. The lowest BCUT2D eigenvalue weighted by atomic mass is 10.2. The smallest absolute Gasteiger partial charge is 0.219 e. The Morgan fingerprint density at radius 2 is 1.93 bits per heavy atom. The number of β-amino-alcohol motifs (C(OH)–C–C–N with tert-alkyl or cyclic N) is 1. The van der Waals surface area contributed by atoms with E-state index in [0.29, 0.717) is 0 Å². The van der Waals surface area contributed by atoms with Gasteiger partial charge < -0.3 is 10.0 Å². The van der Waals surface area contributed by atoms with E-state index < -0.39 is 0 Å². The molecule has 0 aromatic carbocycles. The second-order valence-electron chi connectivity index (χ2n) is 3.87. The highest BCUT2D eigenvalue weighted by Gasteiger charge is 2.19. The monoisotopic (exact) mass is 200 g/mol. The van der Waals surface area contributed by atoms with Crippen molar-refractivity contribution in [2.45, 2.75) is 26.4 Å². The predicted molar refractivity (Wildman–Crippen MR) is 55.0 cm³/mol. The topological polar surface area (TPSA) is 43.8 Å². The highest BCUT2D eigenvalue weighted by molar-refractivity contribution is 5.73. The second kappa shape index (κ2) is 5.32. The fourth-order valence-electron chi connectivity index (χ4n) is 1.67. The quantitative estimate of drug-likeness (QED) is 0.693. The van der Waals surface area contributed by atoms with Crippen LogP contribution in [0.4, 0.5) is 0 Å². The zero-order valence-electron chi connectivity index (χ0n) is 9.07. The van der Waals surface area contributed by atoms with Crippen LogP contribution in [0.15, 0.2) is 0 Å². The van der Waals surface area contributed by atoms with Crippen LogP contribution in [0.2, 0.25) is 0 Å². The number of hydrogen-bond donors (Lipinski definition) is 1. The van der Waals surface area contributed by atoms with Crippen molar-refractivity contribution in [1.82, 2.24) is 9.80 Å². The highest BCUT2D eigenvalue weighted by Crippen LogP contribution is 2.03. The Bertz CT molecular complexity index is 189. The van der Waals surface area contributed by atoms with Crippen LogP contribution in [0, 0.1) is 0 Å². The molecule has 1 fully saturated rings. The molecule has 4 nitrogen and oxygen atoms in total. The zero-order valence-corrected chi connectivity index (χ0v) is 9.07. The Balaban J connectivity index is 2.25. The number of amides is 1. The predicted octanol–water partition coefficient (Wildman–Crippen LogP) is -0.0786. The molecule has 1 atom stereocenters. The molecule has 0 unspecified atom stereocenters. The molecule has 0 bridgehead atoms. The minimum absolute atomic E-state index is 0.153. The van der Waals surface area contributed by atoms with E-state index in [4.69, 9.17) is 0 Å². The lowest BCUT2D eigenvalue weighted by molar-refractivity contribution is -0.130. The number of aliphatic hydroxyl groups excluding tert-OH is 1. The van der Waals surface area contributed by atoms with E-state index in [1.54, 1.807) is 6.92 Å². The third-order valence-electron chi connectivity index (χ3n) is 2.76. The maximum absolute atomic E-state index is 11.0. The van der Waals surface area contributed by atoms with E-state index in [9.17, 15) is 9.90 Å². The Morgan fingerprint density at radius 1 is 1.36 bits per heavy atom. The Morgan fingerprint density at radius 3 is 2.36 bits per heavy atom. The third kappa shape index (κ3) is 3.27. The van der Waals surface area contributed by atoms with Crippen molar-refractivity contribution in [3.05, 3.63) is 0 Å². The van der Waals surface area contributed by atoms with Crippen molar-refractivity contribution in [2.75, 3.05) is 32.7 Å². The summed E-state index contributed by atoms with van der Waals surface area (Å²) in [7, 11) is 0. The van der Waals surface area contributed by atoms with Gasteiger partial charge in [0.1, 0.15) is 0 Å². The molecule has 0 aromatic heterocycles. The first-order chi connectivity index (χ1) is 6.63. The van der Waals surface area contributed by atoms with Crippen LogP contribution in [-0.4, -0.2) is 59.6 Å². The Kier molecular flexibility index (Phi) is 4.35. The van der Waals surface area contributed by atoms with Crippen molar-refractivity contribution in [3.8, 4) is 0 Å². The summed E-state index contributed by atoms with van der Waals surface area (Å²) in [6, 6.07) is 0.